The third-order valence-electron chi connectivity index (χ3n) is 6.79. The van der Waals surface area contributed by atoms with Crippen molar-refractivity contribution in [3.8, 4) is 17.6 Å². The molecule has 5 rings (SSSR count). The number of hydrogen-bond donors (Lipinski definition) is 0. The molecule has 0 saturated carbocycles. The molecule has 0 amide bonds. The number of allylic oxidation sites excluding steroid dienone is 1. The number of rotatable bonds is 9. The van der Waals surface area contributed by atoms with E-state index in [1.54, 1.807) is 62.4 Å². The van der Waals surface area contributed by atoms with Gasteiger partial charge in [0.2, 0.25) is 0 Å². The molecule has 0 bridgehead atoms. The third-order valence-corrected chi connectivity index (χ3v) is 8.02. The third kappa shape index (κ3) is 6.26. The van der Waals surface area contributed by atoms with Crippen LogP contribution in [0, 0.1) is 11.3 Å². The smallest absolute Gasteiger partial charge is 0.338 e. The topological polar surface area (TPSA) is 103 Å². The lowest BCUT2D eigenvalue weighted by Gasteiger charge is -2.24. The number of carbonyl (C=O) groups excluding carboxylic acids is 1. The summed E-state index contributed by atoms with van der Waals surface area (Å²) in [4.78, 5) is 32.1. The first-order valence-electron chi connectivity index (χ1n) is 13.7. The average molecular weight is 614 g/mol. The molecule has 3 aromatic carbocycles. The molecule has 0 radical (unpaired) electrons. The molecule has 0 fully saturated rings. The van der Waals surface area contributed by atoms with Gasteiger partial charge in [0, 0.05) is 10.6 Å². The highest BCUT2D eigenvalue weighted by Gasteiger charge is 2.33. The first kappa shape index (κ1) is 29.8. The summed E-state index contributed by atoms with van der Waals surface area (Å²) in [5, 5.41) is 9.93. The zero-order valence-electron chi connectivity index (χ0n) is 23.8. The van der Waals surface area contributed by atoms with Crippen LogP contribution < -0.4 is 24.4 Å². The van der Waals surface area contributed by atoms with Crippen LogP contribution in [-0.2, 0) is 16.1 Å². The zero-order valence-corrected chi connectivity index (χ0v) is 25.4. The number of nitriles is 1. The van der Waals surface area contributed by atoms with E-state index >= 15 is 0 Å². The number of esters is 1. The van der Waals surface area contributed by atoms with E-state index in [9.17, 15) is 14.9 Å². The Morgan fingerprint density at radius 2 is 1.84 bits per heavy atom. The summed E-state index contributed by atoms with van der Waals surface area (Å²) in [6.45, 7) is 6.16. The van der Waals surface area contributed by atoms with Gasteiger partial charge in [0.05, 0.1) is 46.7 Å². The molecular formula is C33H28ClN3O5S. The van der Waals surface area contributed by atoms with Crippen molar-refractivity contribution in [3.63, 3.8) is 0 Å². The van der Waals surface area contributed by atoms with Crippen molar-refractivity contribution in [2.45, 2.75) is 33.4 Å². The highest BCUT2D eigenvalue weighted by Crippen LogP contribution is 2.32. The van der Waals surface area contributed by atoms with Gasteiger partial charge in [-0.25, -0.2) is 9.79 Å². The Hall–Kier alpha value is -4.65. The molecule has 8 nitrogen and oxygen atoms in total. The first-order chi connectivity index (χ1) is 20.8. The van der Waals surface area contributed by atoms with E-state index in [1.807, 2.05) is 31.2 Å². The first-order valence-corrected chi connectivity index (χ1v) is 14.9. The number of thiazole rings is 1. The molecule has 4 aromatic rings. The molecule has 43 heavy (non-hydrogen) atoms. The molecule has 1 atom stereocenters. The van der Waals surface area contributed by atoms with Crippen LogP contribution in [0.2, 0.25) is 5.02 Å². The van der Waals surface area contributed by atoms with Crippen molar-refractivity contribution in [3.05, 3.63) is 125 Å². The van der Waals surface area contributed by atoms with Crippen LogP contribution in [0.25, 0.3) is 6.08 Å². The monoisotopic (exact) mass is 613 g/mol. The number of halogens is 1. The van der Waals surface area contributed by atoms with Gasteiger partial charge in [0.25, 0.3) is 5.56 Å². The van der Waals surface area contributed by atoms with Crippen molar-refractivity contribution in [2.75, 3.05) is 13.2 Å². The number of ether oxygens (including phenoxy) is 3. The minimum Gasteiger partial charge on any atom is -0.490 e. The molecular weight excluding hydrogens is 586 g/mol. The Morgan fingerprint density at radius 3 is 2.56 bits per heavy atom. The van der Waals surface area contributed by atoms with Gasteiger partial charge in [-0.1, -0.05) is 59.3 Å². The van der Waals surface area contributed by atoms with Crippen molar-refractivity contribution < 1.29 is 19.0 Å². The number of fused-ring (bicyclic) bond motifs is 1. The standard InChI is InChI=1S/C33H28ClN3O5S/c1-4-40-27-16-21(10-15-26(27)42-19-24-9-7-6-8-23(24)18-35)17-28-31(38)37-30(22-11-13-25(34)14-12-22)29(32(39)41-5-2)20(3)36-33(37)43-28/h6-17,30H,4-5,19H2,1-3H3/b28-17+/t30-/m0/s1. The van der Waals surface area contributed by atoms with E-state index in [1.165, 1.54) is 15.9 Å². The highest BCUT2D eigenvalue weighted by molar-refractivity contribution is 7.07. The maximum atomic E-state index is 13.9. The lowest BCUT2D eigenvalue weighted by molar-refractivity contribution is -0.139. The second-order valence-corrected chi connectivity index (χ2v) is 11.0. The highest BCUT2D eigenvalue weighted by atomic mass is 35.5. The van der Waals surface area contributed by atoms with Gasteiger partial charge in [0.15, 0.2) is 16.3 Å². The molecule has 1 aliphatic heterocycles. The molecule has 0 spiro atoms. The summed E-state index contributed by atoms with van der Waals surface area (Å²) >= 11 is 7.38. The quantitative estimate of drug-likeness (QED) is 0.237. The summed E-state index contributed by atoms with van der Waals surface area (Å²) < 4.78 is 19.2. The van der Waals surface area contributed by atoms with Crippen LogP contribution in [0.4, 0.5) is 0 Å². The number of carbonyl (C=O) groups is 1. The minimum absolute atomic E-state index is 0.195. The molecule has 10 heteroatoms. The second kappa shape index (κ2) is 13.1. The Labute approximate surface area is 257 Å². The number of benzene rings is 3. The van der Waals surface area contributed by atoms with Crippen molar-refractivity contribution in [1.82, 2.24) is 4.57 Å². The van der Waals surface area contributed by atoms with Crippen LogP contribution >= 0.6 is 22.9 Å². The normalized spacial score (nSPS) is 14.5. The Morgan fingerprint density at radius 1 is 1.07 bits per heavy atom. The van der Waals surface area contributed by atoms with Crippen LogP contribution in [-0.4, -0.2) is 23.8 Å². The van der Waals surface area contributed by atoms with E-state index in [2.05, 4.69) is 11.1 Å². The van der Waals surface area contributed by atoms with Gasteiger partial charge in [-0.15, -0.1) is 0 Å². The summed E-state index contributed by atoms with van der Waals surface area (Å²) in [6.07, 6.45) is 1.77. The maximum absolute atomic E-state index is 13.9. The van der Waals surface area contributed by atoms with Gasteiger partial charge < -0.3 is 14.2 Å². The van der Waals surface area contributed by atoms with Gasteiger partial charge in [-0.2, -0.15) is 5.26 Å². The predicted molar refractivity (Wildman–Crippen MR) is 165 cm³/mol. The van der Waals surface area contributed by atoms with E-state index in [4.69, 9.17) is 25.8 Å². The minimum atomic E-state index is -0.722. The lowest BCUT2D eigenvalue weighted by atomic mass is 9.96. The molecule has 1 aromatic heterocycles. The Kier molecular flexibility index (Phi) is 9.10. The zero-order chi connectivity index (χ0) is 30.5. The summed E-state index contributed by atoms with van der Waals surface area (Å²) in [6, 6.07) is 21.2. The SMILES string of the molecule is CCOC(=O)C1=C(C)N=c2s/c(=C/c3ccc(OCc4ccccc4C#N)c(OCC)c3)c(=O)n2[C@H]1c1ccc(Cl)cc1. The fourth-order valence-electron chi connectivity index (χ4n) is 4.82. The van der Waals surface area contributed by atoms with E-state index in [-0.39, 0.29) is 18.8 Å². The molecule has 0 unspecified atom stereocenters. The van der Waals surface area contributed by atoms with Crippen LogP contribution in [0.5, 0.6) is 11.5 Å². The van der Waals surface area contributed by atoms with Crippen LogP contribution in [0.1, 0.15) is 49.1 Å². The summed E-state index contributed by atoms with van der Waals surface area (Å²) in [5.41, 5.74) is 3.27. The fraction of sp³-hybridized carbons (Fsp3) is 0.212. The van der Waals surface area contributed by atoms with Crippen molar-refractivity contribution in [2.24, 2.45) is 4.99 Å². The van der Waals surface area contributed by atoms with E-state index in [0.717, 1.165) is 11.1 Å². The van der Waals surface area contributed by atoms with Crippen LogP contribution in [0.15, 0.2) is 87.8 Å². The van der Waals surface area contributed by atoms with Crippen LogP contribution in [0.3, 0.4) is 0 Å². The molecule has 1 aliphatic rings. The molecule has 0 saturated heterocycles. The lowest BCUT2D eigenvalue weighted by Crippen LogP contribution is -2.39. The van der Waals surface area contributed by atoms with Gasteiger partial charge in [-0.3, -0.25) is 9.36 Å². The van der Waals surface area contributed by atoms with Gasteiger partial charge in [0.1, 0.15) is 6.61 Å². The Bertz CT molecular complexity index is 1940. The Balaban J connectivity index is 1.55. The van der Waals surface area contributed by atoms with Crippen molar-refractivity contribution >= 4 is 35.0 Å². The molecule has 0 aliphatic carbocycles. The van der Waals surface area contributed by atoms with Gasteiger partial charge >= 0.3 is 5.97 Å². The second-order valence-electron chi connectivity index (χ2n) is 9.55. The maximum Gasteiger partial charge on any atom is 0.338 e. The van der Waals surface area contributed by atoms with E-state index in [0.29, 0.717) is 54.9 Å². The van der Waals surface area contributed by atoms with Gasteiger partial charge in [-0.05, 0) is 68.3 Å². The summed E-state index contributed by atoms with van der Waals surface area (Å²) in [5.74, 6) is 0.510. The number of hydrogen-bond acceptors (Lipinski definition) is 8. The number of aromatic nitrogens is 1. The van der Waals surface area contributed by atoms with Crippen molar-refractivity contribution in [1.29, 1.82) is 5.26 Å². The number of nitrogens with zero attached hydrogens (tertiary/aromatic N) is 3. The summed E-state index contributed by atoms with van der Waals surface area (Å²) in [7, 11) is 0. The predicted octanol–water partition coefficient (Wildman–Crippen LogP) is 5.30. The fourth-order valence-corrected chi connectivity index (χ4v) is 5.99. The average Bonchev–Trinajstić information content (AvgIpc) is 3.30. The molecule has 218 valence electrons. The largest absolute Gasteiger partial charge is 0.490 e. The molecule has 2 heterocycles. The van der Waals surface area contributed by atoms with E-state index < -0.39 is 12.0 Å². The molecule has 0 N–H and O–H groups in total.